The van der Waals surface area contributed by atoms with Crippen LogP contribution in [0.5, 0.6) is 11.5 Å². The molecular formula is C19H17F3N2O4. The monoisotopic (exact) mass is 394 g/mol. The molecule has 0 saturated carbocycles. The number of benzene rings is 2. The number of nitrogens with one attached hydrogen (secondary N) is 1. The summed E-state index contributed by atoms with van der Waals surface area (Å²) in [6.07, 6.45) is -4.50. The number of carbonyl (C=O) groups excluding carboxylic acids is 2. The van der Waals surface area contributed by atoms with E-state index in [1.807, 2.05) is 30.3 Å². The lowest BCUT2D eigenvalue weighted by Gasteiger charge is -2.30. The first-order valence-corrected chi connectivity index (χ1v) is 8.48. The Morgan fingerprint density at radius 1 is 1.18 bits per heavy atom. The largest absolute Gasteiger partial charge is 0.494 e. The molecule has 2 aromatic rings. The molecule has 28 heavy (non-hydrogen) atoms. The Morgan fingerprint density at radius 2 is 1.93 bits per heavy atom. The lowest BCUT2D eigenvalue weighted by atomic mass is 10.2. The predicted octanol–water partition coefficient (Wildman–Crippen LogP) is 3.38. The number of para-hydroxylation sites is 1. The van der Waals surface area contributed by atoms with Crippen molar-refractivity contribution in [2.24, 2.45) is 0 Å². The third-order valence-electron chi connectivity index (χ3n) is 3.96. The molecule has 148 valence electrons. The summed E-state index contributed by atoms with van der Waals surface area (Å²) >= 11 is 0. The molecule has 2 aromatic carbocycles. The van der Waals surface area contributed by atoms with Crippen LogP contribution in [-0.2, 0) is 9.59 Å². The normalized spacial score (nSPS) is 13.5. The molecule has 1 N–H and O–H groups in total. The first-order valence-electron chi connectivity index (χ1n) is 8.48. The van der Waals surface area contributed by atoms with E-state index in [-0.39, 0.29) is 18.2 Å². The van der Waals surface area contributed by atoms with Gasteiger partial charge >= 0.3 is 12.1 Å². The molecular weight excluding hydrogens is 377 g/mol. The van der Waals surface area contributed by atoms with Crippen LogP contribution in [0, 0.1) is 0 Å². The molecule has 1 aliphatic rings. The molecule has 9 heteroatoms. The van der Waals surface area contributed by atoms with Crippen molar-refractivity contribution in [3.63, 3.8) is 0 Å². The number of hydrogen-bond acceptors (Lipinski definition) is 4. The summed E-state index contributed by atoms with van der Waals surface area (Å²) < 4.78 is 48.2. The van der Waals surface area contributed by atoms with Gasteiger partial charge in [0.2, 0.25) is 0 Å². The van der Waals surface area contributed by atoms with Crippen molar-refractivity contribution in [1.29, 1.82) is 0 Å². The summed E-state index contributed by atoms with van der Waals surface area (Å²) in [5.74, 6) is -1.35. The third-order valence-corrected chi connectivity index (χ3v) is 3.96. The van der Waals surface area contributed by atoms with Crippen LogP contribution in [0.1, 0.15) is 6.42 Å². The molecule has 0 aliphatic carbocycles. The van der Waals surface area contributed by atoms with Crippen molar-refractivity contribution in [3.05, 3.63) is 48.5 Å². The molecule has 0 aromatic heterocycles. The molecule has 0 spiro atoms. The summed E-state index contributed by atoms with van der Waals surface area (Å²) in [5.41, 5.74) is 0.223. The number of halogens is 3. The lowest BCUT2D eigenvalue weighted by Crippen LogP contribution is -2.40. The highest BCUT2D eigenvalue weighted by Crippen LogP contribution is 2.35. The van der Waals surface area contributed by atoms with Crippen molar-refractivity contribution in [3.8, 4) is 11.5 Å². The molecule has 6 nitrogen and oxygen atoms in total. The Kier molecular flexibility index (Phi) is 5.72. The van der Waals surface area contributed by atoms with E-state index >= 15 is 0 Å². The zero-order valence-corrected chi connectivity index (χ0v) is 14.7. The van der Waals surface area contributed by atoms with Crippen LogP contribution in [0.3, 0.4) is 0 Å². The van der Waals surface area contributed by atoms with E-state index in [1.54, 1.807) is 5.32 Å². The third kappa shape index (κ3) is 4.73. The Morgan fingerprint density at radius 3 is 2.64 bits per heavy atom. The number of alkyl halides is 3. The predicted molar refractivity (Wildman–Crippen MR) is 95.5 cm³/mol. The minimum Gasteiger partial charge on any atom is -0.494 e. The van der Waals surface area contributed by atoms with Gasteiger partial charge in [-0.3, -0.25) is 9.59 Å². The molecule has 0 atom stereocenters. The Bertz CT molecular complexity index is 856. The maximum atomic E-state index is 12.4. The SMILES string of the molecule is O=C1COc2ccc(NC(=O)C(F)(F)F)cc2N1CCCOc1ccccc1. The van der Waals surface area contributed by atoms with Crippen molar-refractivity contribution in [1.82, 2.24) is 0 Å². The number of ether oxygens (including phenoxy) is 2. The minimum atomic E-state index is -5.00. The molecule has 0 bridgehead atoms. The Labute approximate surface area is 158 Å². The molecule has 0 radical (unpaired) electrons. The molecule has 0 fully saturated rings. The highest BCUT2D eigenvalue weighted by molar-refractivity contribution is 6.00. The summed E-state index contributed by atoms with van der Waals surface area (Å²) in [5, 5.41) is 1.77. The summed E-state index contributed by atoms with van der Waals surface area (Å²) in [7, 11) is 0. The molecule has 1 aliphatic heterocycles. The molecule has 0 saturated heterocycles. The zero-order chi connectivity index (χ0) is 20.1. The van der Waals surface area contributed by atoms with Gasteiger partial charge in [0.15, 0.2) is 6.61 Å². The van der Waals surface area contributed by atoms with Crippen LogP contribution in [0.15, 0.2) is 48.5 Å². The van der Waals surface area contributed by atoms with Crippen LogP contribution in [0.4, 0.5) is 24.5 Å². The van der Waals surface area contributed by atoms with E-state index in [1.165, 1.54) is 23.1 Å². The maximum absolute atomic E-state index is 12.4. The van der Waals surface area contributed by atoms with Gasteiger partial charge < -0.3 is 19.7 Å². The zero-order valence-electron chi connectivity index (χ0n) is 14.7. The first kappa shape index (κ1) is 19.5. The molecule has 0 unspecified atom stereocenters. The minimum absolute atomic E-state index is 0.0788. The van der Waals surface area contributed by atoms with Gasteiger partial charge in [0, 0.05) is 12.2 Å². The average molecular weight is 394 g/mol. The number of anilines is 2. The fraction of sp³-hybridized carbons (Fsp3) is 0.263. The van der Waals surface area contributed by atoms with Crippen LogP contribution >= 0.6 is 0 Å². The lowest BCUT2D eigenvalue weighted by molar-refractivity contribution is -0.167. The van der Waals surface area contributed by atoms with Crippen LogP contribution in [-0.4, -0.2) is 37.7 Å². The van der Waals surface area contributed by atoms with E-state index in [2.05, 4.69) is 0 Å². The molecule has 2 amide bonds. The quantitative estimate of drug-likeness (QED) is 0.763. The van der Waals surface area contributed by atoms with Crippen molar-refractivity contribution >= 4 is 23.2 Å². The first-order chi connectivity index (χ1) is 13.3. The van der Waals surface area contributed by atoms with E-state index in [4.69, 9.17) is 9.47 Å². The average Bonchev–Trinajstić information content (AvgIpc) is 2.66. The second-order valence-electron chi connectivity index (χ2n) is 5.98. The number of nitrogens with zero attached hydrogens (tertiary/aromatic N) is 1. The van der Waals surface area contributed by atoms with E-state index < -0.39 is 12.1 Å². The Hall–Kier alpha value is -3.23. The summed E-state index contributed by atoms with van der Waals surface area (Å²) in [6, 6.07) is 13.2. The number of rotatable bonds is 6. The van der Waals surface area contributed by atoms with E-state index in [0.717, 1.165) is 0 Å². The summed E-state index contributed by atoms with van der Waals surface area (Å²) in [4.78, 5) is 24.7. The van der Waals surface area contributed by atoms with Gasteiger partial charge in [0.1, 0.15) is 11.5 Å². The number of amides is 2. The second kappa shape index (κ2) is 8.20. The number of hydrogen-bond donors (Lipinski definition) is 1. The van der Waals surface area contributed by atoms with E-state index in [9.17, 15) is 22.8 Å². The highest BCUT2D eigenvalue weighted by Gasteiger charge is 2.39. The summed E-state index contributed by atoms with van der Waals surface area (Å²) in [6.45, 7) is 0.480. The van der Waals surface area contributed by atoms with Crippen LogP contribution < -0.4 is 19.7 Å². The van der Waals surface area contributed by atoms with Gasteiger partial charge in [-0.25, -0.2) is 0 Å². The molecule has 1 heterocycles. The van der Waals surface area contributed by atoms with Gasteiger partial charge in [-0.05, 0) is 36.8 Å². The number of carbonyl (C=O) groups is 2. The van der Waals surface area contributed by atoms with Gasteiger partial charge in [-0.15, -0.1) is 0 Å². The molecule has 3 rings (SSSR count). The van der Waals surface area contributed by atoms with Crippen molar-refractivity contribution in [2.45, 2.75) is 12.6 Å². The van der Waals surface area contributed by atoms with E-state index in [0.29, 0.717) is 36.8 Å². The maximum Gasteiger partial charge on any atom is 0.471 e. The number of fused-ring (bicyclic) bond motifs is 1. The highest BCUT2D eigenvalue weighted by atomic mass is 19.4. The smallest absolute Gasteiger partial charge is 0.471 e. The fourth-order valence-corrected chi connectivity index (χ4v) is 2.66. The standard InChI is InChI=1S/C19H17F3N2O4/c20-19(21,22)18(26)23-13-7-8-16-15(11-13)24(17(25)12-28-16)9-4-10-27-14-5-2-1-3-6-14/h1-3,5-8,11H,4,9-10,12H2,(H,23,26). The van der Waals surface area contributed by atoms with Gasteiger partial charge in [-0.2, -0.15) is 13.2 Å². The fourth-order valence-electron chi connectivity index (χ4n) is 2.66. The second-order valence-corrected chi connectivity index (χ2v) is 5.98. The van der Waals surface area contributed by atoms with Gasteiger partial charge in [0.25, 0.3) is 5.91 Å². The van der Waals surface area contributed by atoms with Crippen LogP contribution in [0.25, 0.3) is 0 Å². The van der Waals surface area contributed by atoms with Crippen molar-refractivity contribution < 1.29 is 32.2 Å². The van der Waals surface area contributed by atoms with Gasteiger partial charge in [0.05, 0.1) is 12.3 Å². The van der Waals surface area contributed by atoms with Gasteiger partial charge in [-0.1, -0.05) is 18.2 Å². The topological polar surface area (TPSA) is 67.9 Å². The Balaban J connectivity index is 1.66. The van der Waals surface area contributed by atoms with Crippen LogP contribution in [0.2, 0.25) is 0 Å². The van der Waals surface area contributed by atoms with Crippen molar-refractivity contribution in [2.75, 3.05) is 30.0 Å².